The maximum atomic E-state index is 12.1. The summed E-state index contributed by atoms with van der Waals surface area (Å²) in [6, 6.07) is 12.9. The van der Waals surface area contributed by atoms with Crippen LogP contribution in [0.25, 0.3) is 0 Å². The zero-order chi connectivity index (χ0) is 13.9. The van der Waals surface area contributed by atoms with E-state index in [0.717, 1.165) is 5.56 Å². The molecule has 0 aliphatic heterocycles. The van der Waals surface area contributed by atoms with E-state index in [9.17, 15) is 8.42 Å². The van der Waals surface area contributed by atoms with E-state index in [1.54, 1.807) is 36.4 Å². The molecular weight excluding hydrogens is 284 g/mol. The second kappa shape index (κ2) is 5.61. The highest BCUT2D eigenvalue weighted by Crippen LogP contribution is 2.18. The van der Waals surface area contributed by atoms with Crippen LogP contribution >= 0.6 is 11.6 Å². The van der Waals surface area contributed by atoms with E-state index in [2.05, 4.69) is 4.72 Å². The maximum absolute atomic E-state index is 12.1. The van der Waals surface area contributed by atoms with Gasteiger partial charge in [-0.3, -0.25) is 4.72 Å². The van der Waals surface area contributed by atoms with E-state index in [0.29, 0.717) is 17.3 Å². The highest BCUT2D eigenvalue weighted by molar-refractivity contribution is 7.92. The van der Waals surface area contributed by atoms with Gasteiger partial charge < -0.3 is 5.73 Å². The molecule has 2 aromatic carbocycles. The normalized spacial score (nSPS) is 11.3. The van der Waals surface area contributed by atoms with Crippen LogP contribution < -0.4 is 10.5 Å². The van der Waals surface area contributed by atoms with Crippen LogP contribution in [-0.4, -0.2) is 8.42 Å². The van der Waals surface area contributed by atoms with Gasteiger partial charge in [-0.1, -0.05) is 23.7 Å². The molecule has 0 radical (unpaired) electrons. The van der Waals surface area contributed by atoms with Crippen LogP contribution in [0.4, 0.5) is 5.69 Å². The van der Waals surface area contributed by atoms with E-state index in [1.807, 2.05) is 0 Å². The molecule has 0 aromatic heterocycles. The first kappa shape index (κ1) is 13.9. The van der Waals surface area contributed by atoms with Crippen LogP contribution in [0.1, 0.15) is 5.56 Å². The van der Waals surface area contributed by atoms with Gasteiger partial charge >= 0.3 is 0 Å². The number of rotatable bonds is 4. The lowest BCUT2D eigenvalue weighted by Gasteiger charge is -2.08. The Hall–Kier alpha value is -1.56. The molecule has 6 heteroatoms. The summed E-state index contributed by atoms with van der Waals surface area (Å²) < 4.78 is 26.7. The molecule has 0 saturated heterocycles. The number of nitrogens with one attached hydrogen (secondary N) is 1. The topological polar surface area (TPSA) is 72.2 Å². The molecule has 0 fully saturated rings. The van der Waals surface area contributed by atoms with Crippen molar-refractivity contribution in [3.8, 4) is 0 Å². The summed E-state index contributed by atoms with van der Waals surface area (Å²) in [7, 11) is -3.59. The Bertz CT molecular complexity index is 652. The molecule has 2 rings (SSSR count). The number of sulfonamides is 1. The van der Waals surface area contributed by atoms with E-state index in [4.69, 9.17) is 17.3 Å². The first-order chi connectivity index (χ1) is 9.01. The number of nitrogens with two attached hydrogens (primary N) is 1. The molecule has 0 heterocycles. The molecule has 0 aliphatic carbocycles. The summed E-state index contributed by atoms with van der Waals surface area (Å²) in [5.74, 6) is 0. The number of hydrogen-bond donors (Lipinski definition) is 2. The molecule has 3 N–H and O–H groups in total. The highest BCUT2D eigenvalue weighted by Gasteiger charge is 2.13. The fourth-order valence-corrected chi connectivity index (χ4v) is 2.72. The predicted molar refractivity (Wildman–Crippen MR) is 76.6 cm³/mol. The smallest absolute Gasteiger partial charge is 0.261 e. The predicted octanol–water partition coefficient (Wildman–Crippen LogP) is 2.60. The van der Waals surface area contributed by atoms with Gasteiger partial charge in [-0.25, -0.2) is 8.42 Å². The summed E-state index contributed by atoms with van der Waals surface area (Å²) in [5, 5.41) is 0.551. The summed E-state index contributed by atoms with van der Waals surface area (Å²) in [5.41, 5.74) is 6.81. The maximum Gasteiger partial charge on any atom is 0.261 e. The molecule has 0 saturated carbocycles. The van der Waals surface area contributed by atoms with Crippen molar-refractivity contribution in [3.63, 3.8) is 0 Å². The molecule has 0 unspecified atom stereocenters. The first-order valence-electron chi connectivity index (χ1n) is 5.59. The molecule has 100 valence electrons. The van der Waals surface area contributed by atoms with Crippen molar-refractivity contribution >= 4 is 27.3 Å². The minimum atomic E-state index is -3.59. The lowest BCUT2D eigenvalue weighted by atomic mass is 10.2. The lowest BCUT2D eigenvalue weighted by molar-refractivity contribution is 0.601. The minimum Gasteiger partial charge on any atom is -0.326 e. The number of hydrogen-bond acceptors (Lipinski definition) is 3. The summed E-state index contributed by atoms with van der Waals surface area (Å²) in [6.07, 6.45) is 0. The van der Waals surface area contributed by atoms with Crippen molar-refractivity contribution in [1.29, 1.82) is 0 Å². The molecular formula is C13H13ClN2O2S. The third-order valence-electron chi connectivity index (χ3n) is 2.57. The van der Waals surface area contributed by atoms with Gasteiger partial charge in [0.25, 0.3) is 10.0 Å². The van der Waals surface area contributed by atoms with Gasteiger partial charge in [0, 0.05) is 17.3 Å². The van der Waals surface area contributed by atoms with E-state index in [-0.39, 0.29) is 4.90 Å². The highest BCUT2D eigenvalue weighted by atomic mass is 35.5. The third kappa shape index (κ3) is 3.47. The average Bonchev–Trinajstić information content (AvgIpc) is 2.41. The van der Waals surface area contributed by atoms with E-state index in [1.165, 1.54) is 12.1 Å². The minimum absolute atomic E-state index is 0.194. The van der Waals surface area contributed by atoms with Gasteiger partial charge in [0.15, 0.2) is 0 Å². The van der Waals surface area contributed by atoms with Gasteiger partial charge in [-0.05, 0) is 42.0 Å². The molecule has 2 aromatic rings. The Balaban J connectivity index is 2.24. The zero-order valence-electron chi connectivity index (χ0n) is 10.0. The molecule has 4 nitrogen and oxygen atoms in total. The SMILES string of the molecule is NCc1ccc(S(=O)(=O)Nc2ccc(Cl)cc2)cc1. The van der Waals surface area contributed by atoms with Crippen LogP contribution in [0.5, 0.6) is 0 Å². The summed E-state index contributed by atoms with van der Waals surface area (Å²) in [6.45, 7) is 0.380. The van der Waals surface area contributed by atoms with Crippen molar-refractivity contribution in [2.24, 2.45) is 5.73 Å². The number of halogens is 1. The molecule has 0 spiro atoms. The molecule has 0 amide bonds. The molecule has 0 atom stereocenters. The molecule has 19 heavy (non-hydrogen) atoms. The number of benzene rings is 2. The standard InChI is InChI=1S/C13H13ClN2O2S/c14-11-3-5-12(6-4-11)16-19(17,18)13-7-1-10(9-15)2-8-13/h1-8,16H,9,15H2. The van der Waals surface area contributed by atoms with Crippen LogP contribution in [0, 0.1) is 0 Å². The fourth-order valence-electron chi connectivity index (χ4n) is 1.54. The van der Waals surface area contributed by atoms with E-state index < -0.39 is 10.0 Å². The van der Waals surface area contributed by atoms with Crippen LogP contribution in [0.2, 0.25) is 5.02 Å². The Kier molecular flexibility index (Phi) is 4.09. The Morgan fingerprint density at radius 3 is 2.11 bits per heavy atom. The molecule has 0 bridgehead atoms. The fraction of sp³-hybridized carbons (Fsp3) is 0.0769. The average molecular weight is 297 g/mol. The lowest BCUT2D eigenvalue weighted by Crippen LogP contribution is -2.13. The van der Waals surface area contributed by atoms with Crippen molar-refractivity contribution < 1.29 is 8.42 Å². The summed E-state index contributed by atoms with van der Waals surface area (Å²) in [4.78, 5) is 0.194. The largest absolute Gasteiger partial charge is 0.326 e. The van der Waals surface area contributed by atoms with Crippen molar-refractivity contribution in [2.45, 2.75) is 11.4 Å². The van der Waals surface area contributed by atoms with E-state index >= 15 is 0 Å². The monoisotopic (exact) mass is 296 g/mol. The van der Waals surface area contributed by atoms with Gasteiger partial charge in [-0.2, -0.15) is 0 Å². The number of anilines is 1. The van der Waals surface area contributed by atoms with Crippen molar-refractivity contribution in [3.05, 3.63) is 59.1 Å². The van der Waals surface area contributed by atoms with Crippen LogP contribution in [-0.2, 0) is 16.6 Å². The van der Waals surface area contributed by atoms with Gasteiger partial charge in [-0.15, -0.1) is 0 Å². The van der Waals surface area contributed by atoms with Gasteiger partial charge in [0.2, 0.25) is 0 Å². The van der Waals surface area contributed by atoms with Crippen molar-refractivity contribution in [2.75, 3.05) is 4.72 Å². The quantitative estimate of drug-likeness (QED) is 0.911. The zero-order valence-corrected chi connectivity index (χ0v) is 11.6. The Morgan fingerprint density at radius 1 is 1.00 bits per heavy atom. The van der Waals surface area contributed by atoms with Crippen molar-refractivity contribution in [1.82, 2.24) is 0 Å². The van der Waals surface area contributed by atoms with Gasteiger partial charge in [0.1, 0.15) is 0 Å². The second-order valence-electron chi connectivity index (χ2n) is 3.96. The van der Waals surface area contributed by atoms with Gasteiger partial charge in [0.05, 0.1) is 4.90 Å². The summed E-state index contributed by atoms with van der Waals surface area (Å²) >= 11 is 5.74. The first-order valence-corrected chi connectivity index (χ1v) is 7.45. The Morgan fingerprint density at radius 2 is 1.58 bits per heavy atom. The molecule has 0 aliphatic rings. The van der Waals surface area contributed by atoms with Crippen LogP contribution in [0.3, 0.4) is 0 Å². The third-order valence-corrected chi connectivity index (χ3v) is 4.21. The second-order valence-corrected chi connectivity index (χ2v) is 6.08. The van der Waals surface area contributed by atoms with Crippen LogP contribution in [0.15, 0.2) is 53.4 Å². The Labute approximate surface area is 117 Å².